The van der Waals surface area contributed by atoms with Gasteiger partial charge in [-0.25, -0.2) is 0 Å². The van der Waals surface area contributed by atoms with Gasteiger partial charge in [0.15, 0.2) is 5.43 Å². The van der Waals surface area contributed by atoms with E-state index in [0.29, 0.717) is 22.3 Å². The van der Waals surface area contributed by atoms with Crippen LogP contribution < -0.4 is 5.43 Å². The highest BCUT2D eigenvalue weighted by Gasteiger charge is 2.11. The van der Waals surface area contributed by atoms with Crippen LogP contribution in [0.25, 0.3) is 22.3 Å². The lowest BCUT2D eigenvalue weighted by molar-refractivity contribution is -0.384. The summed E-state index contributed by atoms with van der Waals surface area (Å²) in [5.74, 6) is 0.321. The molecule has 0 amide bonds. The van der Waals surface area contributed by atoms with Gasteiger partial charge in [-0.3, -0.25) is 14.9 Å². The number of hydrogen-bond acceptors (Lipinski definition) is 4. The van der Waals surface area contributed by atoms with Crippen molar-refractivity contribution in [3.05, 3.63) is 74.4 Å². The van der Waals surface area contributed by atoms with Crippen molar-refractivity contribution in [2.45, 2.75) is 6.92 Å². The van der Waals surface area contributed by atoms with Gasteiger partial charge in [-0.15, -0.1) is 0 Å². The average molecular weight is 281 g/mol. The summed E-state index contributed by atoms with van der Waals surface area (Å²) in [6.45, 7) is 1.90. The number of nitro benzene ring substituents is 1. The first-order valence-electron chi connectivity index (χ1n) is 6.34. The number of nitrogens with zero attached hydrogens (tertiary/aromatic N) is 1. The van der Waals surface area contributed by atoms with Gasteiger partial charge in [0, 0.05) is 23.8 Å². The van der Waals surface area contributed by atoms with E-state index < -0.39 is 4.92 Å². The van der Waals surface area contributed by atoms with Gasteiger partial charge in [-0.2, -0.15) is 0 Å². The maximum atomic E-state index is 12.1. The second-order valence-electron chi connectivity index (χ2n) is 4.78. The molecule has 104 valence electrons. The van der Waals surface area contributed by atoms with Crippen LogP contribution >= 0.6 is 0 Å². The monoisotopic (exact) mass is 281 g/mol. The van der Waals surface area contributed by atoms with Gasteiger partial charge >= 0.3 is 0 Å². The van der Waals surface area contributed by atoms with Crippen molar-refractivity contribution in [3.8, 4) is 11.3 Å². The van der Waals surface area contributed by atoms with Gasteiger partial charge in [0.05, 0.1) is 10.3 Å². The predicted octanol–water partition coefficient (Wildman–Crippen LogP) is 3.68. The van der Waals surface area contributed by atoms with Gasteiger partial charge in [-0.1, -0.05) is 18.2 Å². The van der Waals surface area contributed by atoms with Crippen molar-refractivity contribution in [1.82, 2.24) is 0 Å². The molecule has 3 aromatic rings. The third kappa shape index (κ3) is 2.41. The summed E-state index contributed by atoms with van der Waals surface area (Å²) in [5.41, 5.74) is 1.74. The molecule has 0 aliphatic heterocycles. The first-order valence-corrected chi connectivity index (χ1v) is 6.34. The van der Waals surface area contributed by atoms with E-state index in [9.17, 15) is 14.9 Å². The van der Waals surface area contributed by atoms with Crippen LogP contribution in [-0.2, 0) is 0 Å². The molecule has 0 unspecified atom stereocenters. The number of non-ortho nitro benzene ring substituents is 1. The molecule has 0 atom stereocenters. The van der Waals surface area contributed by atoms with Crippen molar-refractivity contribution >= 4 is 16.7 Å². The summed E-state index contributed by atoms with van der Waals surface area (Å²) in [5, 5.41) is 11.3. The molecule has 0 saturated carbocycles. The summed E-state index contributed by atoms with van der Waals surface area (Å²) in [6, 6.07) is 12.7. The van der Waals surface area contributed by atoms with Crippen LogP contribution in [-0.4, -0.2) is 4.92 Å². The van der Waals surface area contributed by atoms with Gasteiger partial charge in [0.2, 0.25) is 0 Å². The summed E-state index contributed by atoms with van der Waals surface area (Å²) in [7, 11) is 0. The maximum Gasteiger partial charge on any atom is 0.270 e. The fourth-order valence-corrected chi connectivity index (χ4v) is 2.18. The molecule has 5 heteroatoms. The Kier molecular flexibility index (Phi) is 3.02. The van der Waals surface area contributed by atoms with E-state index in [-0.39, 0.29) is 11.1 Å². The standard InChI is InChI=1S/C16H11NO4/c1-10-5-6-13-14(18)9-15(21-16(13)7-10)11-3-2-4-12(8-11)17(19)20/h2-9H,1H3. The number of fused-ring (bicyclic) bond motifs is 1. The lowest BCUT2D eigenvalue weighted by atomic mass is 10.1. The Hall–Kier alpha value is -2.95. The molecule has 0 aliphatic carbocycles. The Bertz CT molecular complexity index is 912. The Morgan fingerprint density at radius 1 is 1.10 bits per heavy atom. The summed E-state index contributed by atoms with van der Waals surface area (Å²) >= 11 is 0. The molecule has 3 rings (SSSR count). The van der Waals surface area contributed by atoms with Crippen LogP contribution in [0, 0.1) is 17.0 Å². The molecule has 0 saturated heterocycles. The molecule has 1 heterocycles. The molecule has 0 aliphatic rings. The fourth-order valence-electron chi connectivity index (χ4n) is 2.18. The largest absolute Gasteiger partial charge is 0.456 e. The Morgan fingerprint density at radius 3 is 2.67 bits per heavy atom. The minimum atomic E-state index is -0.479. The van der Waals surface area contributed by atoms with Crippen LogP contribution in [0.1, 0.15) is 5.56 Å². The van der Waals surface area contributed by atoms with Crippen LogP contribution in [0.15, 0.2) is 57.7 Å². The SMILES string of the molecule is Cc1ccc2c(=O)cc(-c3cccc([N+](=O)[O-])c3)oc2c1. The Labute approximate surface area is 119 Å². The first kappa shape index (κ1) is 13.1. The van der Waals surface area contributed by atoms with E-state index in [1.165, 1.54) is 18.2 Å². The second kappa shape index (κ2) is 4.86. The molecular formula is C16H11NO4. The van der Waals surface area contributed by atoms with Crippen LogP contribution in [0.2, 0.25) is 0 Å². The van der Waals surface area contributed by atoms with Crippen LogP contribution in [0.5, 0.6) is 0 Å². The Balaban J connectivity index is 2.23. The highest BCUT2D eigenvalue weighted by molar-refractivity contribution is 5.79. The summed E-state index contributed by atoms with van der Waals surface area (Å²) < 4.78 is 5.72. The lowest BCUT2D eigenvalue weighted by Gasteiger charge is -2.04. The highest BCUT2D eigenvalue weighted by atomic mass is 16.6. The quantitative estimate of drug-likeness (QED) is 0.530. The number of hydrogen-bond donors (Lipinski definition) is 0. The number of nitro groups is 1. The van der Waals surface area contributed by atoms with E-state index in [2.05, 4.69) is 0 Å². The summed E-state index contributed by atoms with van der Waals surface area (Å²) in [6.07, 6.45) is 0. The van der Waals surface area contributed by atoms with Gasteiger partial charge < -0.3 is 4.42 Å². The number of rotatable bonds is 2. The normalized spacial score (nSPS) is 10.7. The van der Waals surface area contributed by atoms with E-state index in [1.54, 1.807) is 24.3 Å². The molecule has 0 fully saturated rings. The van der Waals surface area contributed by atoms with E-state index >= 15 is 0 Å². The zero-order chi connectivity index (χ0) is 15.0. The smallest absolute Gasteiger partial charge is 0.270 e. The predicted molar refractivity (Wildman–Crippen MR) is 79.3 cm³/mol. The zero-order valence-electron chi connectivity index (χ0n) is 11.2. The third-order valence-electron chi connectivity index (χ3n) is 3.23. The van der Waals surface area contributed by atoms with Crippen LogP contribution in [0.4, 0.5) is 5.69 Å². The van der Waals surface area contributed by atoms with Gasteiger partial charge in [-0.05, 0) is 24.6 Å². The van der Waals surface area contributed by atoms with Crippen LogP contribution in [0.3, 0.4) is 0 Å². The first-order chi connectivity index (χ1) is 10.0. The van der Waals surface area contributed by atoms with Crippen molar-refractivity contribution < 1.29 is 9.34 Å². The number of aryl methyl sites for hydroxylation is 1. The number of benzene rings is 2. The van der Waals surface area contributed by atoms with E-state index in [1.807, 2.05) is 13.0 Å². The zero-order valence-corrected chi connectivity index (χ0v) is 11.2. The molecule has 0 spiro atoms. The molecule has 0 N–H and O–H groups in total. The van der Waals surface area contributed by atoms with E-state index in [4.69, 9.17) is 4.42 Å². The van der Waals surface area contributed by atoms with Gasteiger partial charge in [0.25, 0.3) is 5.69 Å². The molecule has 5 nitrogen and oxygen atoms in total. The minimum absolute atomic E-state index is 0.0421. The lowest BCUT2D eigenvalue weighted by Crippen LogP contribution is -2.00. The third-order valence-corrected chi connectivity index (χ3v) is 3.23. The van der Waals surface area contributed by atoms with Crippen molar-refractivity contribution in [3.63, 3.8) is 0 Å². The molecule has 21 heavy (non-hydrogen) atoms. The molecule has 2 aromatic carbocycles. The Morgan fingerprint density at radius 2 is 1.90 bits per heavy atom. The summed E-state index contributed by atoms with van der Waals surface area (Å²) in [4.78, 5) is 22.5. The van der Waals surface area contributed by atoms with E-state index in [0.717, 1.165) is 5.56 Å². The molecular weight excluding hydrogens is 270 g/mol. The minimum Gasteiger partial charge on any atom is -0.456 e. The van der Waals surface area contributed by atoms with Crippen molar-refractivity contribution in [2.75, 3.05) is 0 Å². The van der Waals surface area contributed by atoms with Crippen molar-refractivity contribution in [1.29, 1.82) is 0 Å². The second-order valence-corrected chi connectivity index (χ2v) is 4.78. The molecule has 0 bridgehead atoms. The maximum absolute atomic E-state index is 12.1. The molecule has 0 radical (unpaired) electrons. The fraction of sp³-hybridized carbons (Fsp3) is 0.0625. The van der Waals surface area contributed by atoms with Gasteiger partial charge in [0.1, 0.15) is 11.3 Å². The topological polar surface area (TPSA) is 73.3 Å². The average Bonchev–Trinajstić information content (AvgIpc) is 2.46. The molecule has 1 aromatic heterocycles. The van der Waals surface area contributed by atoms with Crippen molar-refractivity contribution in [2.24, 2.45) is 0 Å². The highest BCUT2D eigenvalue weighted by Crippen LogP contribution is 2.25.